The molecule has 35 heavy (non-hydrogen) atoms. The monoisotopic (exact) mass is 501 g/mol. The van der Waals surface area contributed by atoms with E-state index in [0.29, 0.717) is 27.8 Å². The highest BCUT2D eigenvalue weighted by Crippen LogP contribution is 2.41. The number of fused-ring (bicyclic) bond motifs is 2. The summed E-state index contributed by atoms with van der Waals surface area (Å²) in [6.45, 7) is 3.18. The van der Waals surface area contributed by atoms with Crippen molar-refractivity contribution in [3.63, 3.8) is 0 Å². The van der Waals surface area contributed by atoms with Gasteiger partial charge in [0.1, 0.15) is 11.9 Å². The van der Waals surface area contributed by atoms with Gasteiger partial charge in [-0.05, 0) is 13.5 Å². The first-order valence-corrected chi connectivity index (χ1v) is 11.6. The lowest BCUT2D eigenvalue weighted by Gasteiger charge is -2.33. The highest BCUT2D eigenvalue weighted by molar-refractivity contribution is 6.35. The zero-order valence-electron chi connectivity index (χ0n) is 18.7. The molecule has 0 spiro atoms. The quantitative estimate of drug-likeness (QED) is 0.386. The van der Waals surface area contributed by atoms with Gasteiger partial charge in [-0.2, -0.15) is 5.10 Å². The lowest BCUT2D eigenvalue weighted by atomic mass is 10.1. The number of hydrazine groups is 1. The second kappa shape index (κ2) is 8.40. The SMILES string of the molecule is CN1CCN(Nc2c(F)c(Cl)c(-c3cn4cc(NC(=O)[C@@H]5C[C@@H]5F)nc4cn3)c3cn[nH]c23)CC1. The Kier molecular flexibility index (Phi) is 5.31. The van der Waals surface area contributed by atoms with E-state index in [1.165, 1.54) is 6.20 Å². The summed E-state index contributed by atoms with van der Waals surface area (Å²) in [6.07, 6.45) is 5.45. The van der Waals surface area contributed by atoms with Gasteiger partial charge in [0.25, 0.3) is 0 Å². The van der Waals surface area contributed by atoms with Crippen LogP contribution in [-0.2, 0) is 4.79 Å². The van der Waals surface area contributed by atoms with Crippen molar-refractivity contribution in [2.75, 3.05) is 44.0 Å². The highest BCUT2D eigenvalue weighted by atomic mass is 35.5. The number of nitrogens with zero attached hydrogens (tertiary/aromatic N) is 6. The Morgan fingerprint density at radius 1 is 1.23 bits per heavy atom. The van der Waals surface area contributed by atoms with Crippen molar-refractivity contribution in [3.8, 4) is 11.3 Å². The number of aromatic amines is 1. The molecule has 1 aliphatic heterocycles. The van der Waals surface area contributed by atoms with Crippen molar-refractivity contribution in [2.45, 2.75) is 12.6 Å². The third-order valence-corrected chi connectivity index (χ3v) is 6.82. The molecule has 10 nitrogen and oxygen atoms in total. The molecule has 1 saturated heterocycles. The minimum atomic E-state index is -1.09. The third-order valence-electron chi connectivity index (χ3n) is 6.46. The second-order valence-electron chi connectivity index (χ2n) is 8.95. The Labute approximate surface area is 203 Å². The van der Waals surface area contributed by atoms with E-state index in [-0.39, 0.29) is 22.9 Å². The minimum Gasteiger partial charge on any atom is -0.314 e. The summed E-state index contributed by atoms with van der Waals surface area (Å²) in [7, 11) is 2.05. The fourth-order valence-corrected chi connectivity index (χ4v) is 4.58. The Morgan fingerprint density at radius 3 is 2.74 bits per heavy atom. The van der Waals surface area contributed by atoms with E-state index in [2.05, 4.69) is 35.8 Å². The van der Waals surface area contributed by atoms with Gasteiger partial charge in [0, 0.05) is 43.3 Å². The number of hydrogen-bond donors (Lipinski definition) is 3. The molecule has 3 N–H and O–H groups in total. The van der Waals surface area contributed by atoms with Gasteiger partial charge < -0.3 is 20.0 Å². The molecule has 1 aromatic carbocycles. The molecule has 1 saturated carbocycles. The van der Waals surface area contributed by atoms with Crippen molar-refractivity contribution < 1.29 is 13.6 Å². The number of alkyl halides is 1. The molecule has 182 valence electrons. The summed E-state index contributed by atoms with van der Waals surface area (Å²) in [5.74, 6) is -1.35. The van der Waals surface area contributed by atoms with Crippen LogP contribution in [0.3, 0.4) is 0 Å². The molecule has 0 radical (unpaired) electrons. The maximum Gasteiger partial charge on any atom is 0.231 e. The number of H-pyrrole nitrogens is 1. The van der Waals surface area contributed by atoms with Gasteiger partial charge >= 0.3 is 0 Å². The maximum absolute atomic E-state index is 15.6. The van der Waals surface area contributed by atoms with Crippen LogP contribution < -0.4 is 10.7 Å². The molecule has 6 rings (SSSR count). The van der Waals surface area contributed by atoms with Gasteiger partial charge in [0.05, 0.1) is 40.7 Å². The summed E-state index contributed by atoms with van der Waals surface area (Å²) >= 11 is 6.55. The van der Waals surface area contributed by atoms with Crippen molar-refractivity contribution >= 4 is 45.6 Å². The molecular formula is C22H22ClF2N9O. The molecule has 3 aromatic heterocycles. The molecule has 0 unspecified atom stereocenters. The van der Waals surface area contributed by atoms with Crippen molar-refractivity contribution in [1.29, 1.82) is 0 Å². The number of piperazine rings is 1. The largest absolute Gasteiger partial charge is 0.314 e. The molecular weight excluding hydrogens is 480 g/mol. The Morgan fingerprint density at radius 2 is 2.00 bits per heavy atom. The van der Waals surface area contributed by atoms with Crippen LogP contribution in [-0.4, -0.2) is 79.8 Å². The normalized spacial score (nSPS) is 21.0. The molecule has 2 fully saturated rings. The summed E-state index contributed by atoms with van der Waals surface area (Å²) in [6, 6.07) is 0. The molecule has 0 bridgehead atoms. The van der Waals surface area contributed by atoms with Gasteiger partial charge in [-0.1, -0.05) is 11.6 Å². The van der Waals surface area contributed by atoms with Crippen LogP contribution in [0.15, 0.2) is 24.8 Å². The number of nitrogens with one attached hydrogen (secondary N) is 3. The fourth-order valence-electron chi connectivity index (χ4n) is 4.29. The van der Waals surface area contributed by atoms with Crippen LogP contribution in [0.2, 0.25) is 5.02 Å². The predicted octanol–water partition coefficient (Wildman–Crippen LogP) is 2.94. The van der Waals surface area contributed by atoms with Gasteiger partial charge in [0.2, 0.25) is 5.91 Å². The Hall–Kier alpha value is -3.35. The van der Waals surface area contributed by atoms with Crippen LogP contribution in [0.4, 0.5) is 20.3 Å². The predicted molar refractivity (Wildman–Crippen MR) is 127 cm³/mol. The summed E-state index contributed by atoms with van der Waals surface area (Å²) in [4.78, 5) is 23.0. The minimum absolute atomic E-state index is 0.0845. The Balaban J connectivity index is 1.35. The highest BCUT2D eigenvalue weighted by Gasteiger charge is 2.43. The lowest BCUT2D eigenvalue weighted by Crippen LogP contribution is -2.47. The Bertz CT molecular complexity index is 1450. The van der Waals surface area contributed by atoms with Gasteiger partial charge in [-0.3, -0.25) is 14.9 Å². The van der Waals surface area contributed by atoms with E-state index in [1.54, 1.807) is 23.0 Å². The number of anilines is 2. The maximum atomic E-state index is 15.6. The fraction of sp³-hybridized carbons (Fsp3) is 0.364. The van der Waals surface area contributed by atoms with Gasteiger partial charge in [-0.25, -0.2) is 18.8 Å². The van der Waals surface area contributed by atoms with Crippen LogP contribution in [0.1, 0.15) is 6.42 Å². The first-order valence-electron chi connectivity index (χ1n) is 11.2. The molecule has 1 amide bonds. The number of aromatic nitrogens is 5. The van der Waals surface area contributed by atoms with Crippen molar-refractivity contribution in [3.05, 3.63) is 35.6 Å². The molecule has 13 heteroatoms. The summed E-state index contributed by atoms with van der Waals surface area (Å²) in [5.41, 5.74) is 5.12. The van der Waals surface area contributed by atoms with Crippen LogP contribution >= 0.6 is 11.6 Å². The molecule has 4 aromatic rings. The number of amides is 1. The number of imidazole rings is 1. The number of rotatable bonds is 5. The number of hydrogen-bond acceptors (Lipinski definition) is 7. The van der Waals surface area contributed by atoms with Crippen LogP contribution in [0.25, 0.3) is 27.8 Å². The number of carbonyl (C=O) groups excluding carboxylic acids is 1. The lowest BCUT2D eigenvalue weighted by molar-refractivity contribution is -0.117. The number of benzene rings is 1. The van der Waals surface area contributed by atoms with E-state index in [4.69, 9.17) is 11.6 Å². The van der Waals surface area contributed by atoms with E-state index < -0.39 is 23.8 Å². The first-order chi connectivity index (χ1) is 16.9. The molecule has 2 aliphatic rings. The van der Waals surface area contributed by atoms with Crippen molar-refractivity contribution in [2.24, 2.45) is 5.92 Å². The van der Waals surface area contributed by atoms with E-state index in [9.17, 15) is 9.18 Å². The summed E-state index contributed by atoms with van der Waals surface area (Å²) in [5, 5.41) is 12.1. The van der Waals surface area contributed by atoms with Crippen LogP contribution in [0.5, 0.6) is 0 Å². The zero-order valence-corrected chi connectivity index (χ0v) is 19.5. The second-order valence-corrected chi connectivity index (χ2v) is 9.33. The zero-order chi connectivity index (χ0) is 24.3. The van der Waals surface area contributed by atoms with Crippen LogP contribution in [0, 0.1) is 11.7 Å². The van der Waals surface area contributed by atoms with Gasteiger partial charge in [0.15, 0.2) is 17.3 Å². The molecule has 4 heterocycles. The smallest absolute Gasteiger partial charge is 0.231 e. The summed E-state index contributed by atoms with van der Waals surface area (Å²) < 4.78 is 30.4. The first kappa shape index (κ1) is 22.1. The average Bonchev–Trinajstić information content (AvgIpc) is 3.20. The molecule has 2 atom stereocenters. The number of halogens is 3. The van der Waals surface area contributed by atoms with E-state index in [1.807, 2.05) is 12.1 Å². The standard InChI is InChI=1S/C22H22ClF2N9O/c1-32-2-4-34(5-3-32)31-21-19(25)18(23)17(12-7-27-30-20(12)21)14-9-33-10-15(28-16(33)8-26-14)29-22(35)11-6-13(11)24/h7-11,13,31H,2-6H2,1H3,(H,27,30)(H,29,35)/t11-,13+/m1/s1. The van der Waals surface area contributed by atoms with E-state index >= 15 is 4.39 Å². The van der Waals surface area contributed by atoms with Gasteiger partial charge in [-0.15, -0.1) is 0 Å². The van der Waals surface area contributed by atoms with Crippen molar-refractivity contribution in [1.82, 2.24) is 34.5 Å². The topological polar surface area (TPSA) is 106 Å². The third kappa shape index (κ3) is 3.97. The average molecular weight is 502 g/mol. The molecule has 1 aliphatic carbocycles. The number of likely N-dealkylation sites (N-methyl/N-ethyl adjacent to an activating group) is 1. The number of carbonyl (C=O) groups is 1. The van der Waals surface area contributed by atoms with E-state index in [0.717, 1.165) is 26.2 Å².